The first-order chi connectivity index (χ1) is 51.5. The van der Waals surface area contributed by atoms with Crippen LogP contribution in [0.5, 0.6) is 5.75 Å². The fourth-order valence-electron chi connectivity index (χ4n) is 12.3. The highest BCUT2D eigenvalue weighted by atomic mass is 16.3. The number of nitrogens with zero attached hydrogens (tertiary/aromatic N) is 2. The molecule has 12 atom stereocenters. The van der Waals surface area contributed by atoms with Gasteiger partial charge in [0.2, 0.25) is 94.5 Å². The number of amides is 16. The zero-order chi connectivity index (χ0) is 80.9. The van der Waals surface area contributed by atoms with Crippen LogP contribution in [0.1, 0.15) is 131 Å². The van der Waals surface area contributed by atoms with Gasteiger partial charge in [0.15, 0.2) is 0 Å². The van der Waals surface area contributed by atoms with Crippen molar-refractivity contribution >= 4 is 105 Å². The number of hydrogen-bond acceptors (Lipinski definition) is 20. The highest BCUT2D eigenvalue weighted by Gasteiger charge is 2.40. The van der Waals surface area contributed by atoms with Gasteiger partial charge in [0, 0.05) is 49.5 Å². The molecule has 2 aliphatic heterocycles. The largest absolute Gasteiger partial charge is 0.508 e. The predicted octanol–water partition coefficient (Wildman–Crippen LogP) is -4.85. The van der Waals surface area contributed by atoms with Gasteiger partial charge < -0.3 is 111 Å². The van der Waals surface area contributed by atoms with Crippen LogP contribution in [-0.4, -0.2) is 237 Å². The molecule has 16 amide bonds. The number of phenols is 1. The van der Waals surface area contributed by atoms with E-state index in [2.05, 4.69) is 68.8 Å². The summed E-state index contributed by atoms with van der Waals surface area (Å²) in [5.41, 5.74) is 18.2. The number of phenolic OH excluding ortho intramolecular Hbond substituents is 1. The van der Waals surface area contributed by atoms with Gasteiger partial charge in [-0.2, -0.15) is 0 Å². The molecule has 1 radical (unpaired) electrons. The maximum absolute atomic E-state index is 14.4. The lowest BCUT2D eigenvalue weighted by molar-refractivity contribution is -0.141. The van der Waals surface area contributed by atoms with Crippen molar-refractivity contribution in [3.8, 4) is 5.75 Å². The van der Waals surface area contributed by atoms with Crippen LogP contribution in [0.2, 0.25) is 0 Å². The van der Waals surface area contributed by atoms with Crippen molar-refractivity contribution in [1.29, 1.82) is 0 Å². The van der Waals surface area contributed by atoms with Gasteiger partial charge in [0.05, 0.1) is 45.3 Å². The highest BCUT2D eigenvalue weighted by molar-refractivity contribution is 6.01. The number of rotatable bonds is 43. The molecule has 0 spiro atoms. The minimum Gasteiger partial charge on any atom is -0.508 e. The summed E-state index contributed by atoms with van der Waals surface area (Å²) in [6.07, 6.45) is 0.620. The van der Waals surface area contributed by atoms with Crippen molar-refractivity contribution in [2.75, 3.05) is 39.3 Å². The number of aliphatic hydroxyl groups is 2. The number of aliphatic hydroxyl groups excluding tert-OH is 2. The topological polar surface area (TPSA) is 578 Å². The number of primary amides is 2. The van der Waals surface area contributed by atoms with Crippen molar-refractivity contribution in [1.82, 2.24) is 78.6 Å². The van der Waals surface area contributed by atoms with Crippen LogP contribution >= 0.6 is 0 Å². The normalized spacial score (nSPS) is 16.4. The van der Waals surface area contributed by atoms with Crippen molar-refractivity contribution in [3.05, 3.63) is 72.4 Å². The number of aromatic amines is 1. The molecule has 2 saturated heterocycles. The second-order valence-corrected chi connectivity index (χ2v) is 28.5. The van der Waals surface area contributed by atoms with Gasteiger partial charge in [-0.1, -0.05) is 71.9 Å². The fraction of sp³-hybridized carbons (Fsp3) is 0.569. The molecule has 2 aromatic carbocycles. The SMILES string of the molecule is CC(C)C[C@H](NC(=O)[C@H](CC(C)C)NC(=O)[C@H](Cc1ccc(O)cc1)NC(=O)CNC(=O)[C@H](C)NC(=O)[C@H](CO)NC(=O)[C@H](CC(N)=O)NC(=O)[C@H](CC(C)C)NC(=O)[C@@H](NC(=O)[C@H](Cc1c[nH]c2ccccc12)NC(=O)CN)[C@@H](C)O)C(=O)NCC(=O)N1CCC[C@H]1C(=O)N[C@@H](CCC(N)=O)C(=O)N1[CH]CCC1. The van der Waals surface area contributed by atoms with Crippen molar-refractivity contribution < 1.29 is 92.0 Å². The van der Waals surface area contributed by atoms with Gasteiger partial charge in [0.25, 0.3) is 0 Å². The minimum absolute atomic E-state index is 0.00948. The Morgan fingerprint density at radius 1 is 0.541 bits per heavy atom. The molecule has 109 heavy (non-hydrogen) atoms. The first-order valence-corrected chi connectivity index (χ1v) is 36.4. The van der Waals surface area contributed by atoms with Crippen molar-refractivity contribution in [3.63, 3.8) is 0 Å². The van der Waals surface area contributed by atoms with Crippen LogP contribution in [0.3, 0.4) is 0 Å². The molecule has 37 nitrogen and oxygen atoms in total. The Labute approximate surface area is 631 Å². The Kier molecular flexibility index (Phi) is 35.2. The molecule has 0 bridgehead atoms. The zero-order valence-corrected chi connectivity index (χ0v) is 62.7. The Bertz CT molecular complexity index is 3710. The predicted molar refractivity (Wildman–Crippen MR) is 393 cm³/mol. The van der Waals surface area contributed by atoms with E-state index in [1.807, 2.05) is 0 Å². The van der Waals surface area contributed by atoms with Gasteiger partial charge in [0.1, 0.15) is 72.2 Å². The Hall–Kier alpha value is -10.8. The van der Waals surface area contributed by atoms with Gasteiger partial charge in [-0.3, -0.25) is 76.7 Å². The average Bonchev–Trinajstić information content (AvgIpc) is 1.72. The number of nitrogens with two attached hydrogens (primary N) is 3. The van der Waals surface area contributed by atoms with Crippen LogP contribution in [0.15, 0.2) is 54.7 Å². The molecule has 3 aromatic rings. The van der Waals surface area contributed by atoms with Gasteiger partial charge >= 0.3 is 0 Å². The number of carbonyl (C=O) groups is 16. The van der Waals surface area contributed by atoms with E-state index in [0.29, 0.717) is 30.5 Å². The van der Waals surface area contributed by atoms with E-state index in [9.17, 15) is 92.0 Å². The monoisotopic (exact) mass is 1530 g/mol. The molecular weight excluding hydrogens is 1420 g/mol. The van der Waals surface area contributed by atoms with Crippen molar-refractivity contribution in [2.45, 2.75) is 205 Å². The van der Waals surface area contributed by atoms with E-state index < -0.39 is 200 Å². The standard InChI is InChI=1S/C72H107N18O19/c1-37(2)26-48(63(100)78-35-60(98)90-25-13-16-55(90)70(107)82-47(21-22-56(74)94)72(109)89-23-11-12-24-89)83-64(101)49(27-38(3)4)84-66(103)51(29-42-17-19-44(93)20-18-42)81-59(97)34-77-62(99)40(7)79-69(106)54(36-91)87-67(104)53(31-57(75)95)85-65(102)50(28-39(5)6)86-71(108)61(41(8)92)88-68(105)52(80-58(96)32-73)30-43-33-76-46-15-10-9-14-45(43)46/h9-10,14-15,17-20,23,33,37-41,47-55,61,76,91-93H,11-13,16,21-22,24-32,34-36,73H2,1-8H3,(H2,74,94)(H2,75,95)(H,77,99)(H,78,100)(H,79,106)(H,80,96)(H,81,97)(H,82,107)(H,83,101)(H,84,103)(H,85,102)(H,86,108)(H,87,104)(H,88,105)/t40-,41+,47-,48-,49-,50-,51-,52-,53-,54-,55-,61-/m0/s1. The summed E-state index contributed by atoms with van der Waals surface area (Å²) < 4.78 is 0. The lowest BCUT2D eigenvalue weighted by atomic mass is 9.99. The number of aromatic nitrogens is 1. The van der Waals surface area contributed by atoms with Crippen LogP contribution in [0, 0.1) is 24.3 Å². The lowest BCUT2D eigenvalue weighted by Gasteiger charge is -2.29. The molecule has 37 heteroatoms. The number of carbonyl (C=O) groups excluding carboxylic acids is 16. The first kappa shape index (κ1) is 88.8. The molecule has 5 rings (SSSR count). The zero-order valence-electron chi connectivity index (χ0n) is 62.7. The molecule has 0 aliphatic carbocycles. The van der Waals surface area contributed by atoms with Crippen LogP contribution < -0.4 is 81.0 Å². The molecule has 599 valence electrons. The summed E-state index contributed by atoms with van der Waals surface area (Å²) in [4.78, 5) is 222. The summed E-state index contributed by atoms with van der Waals surface area (Å²) in [5.74, 6) is -15.0. The molecule has 0 saturated carbocycles. The average molecular weight is 1530 g/mol. The van der Waals surface area contributed by atoms with E-state index in [1.54, 1.807) is 78.5 Å². The number of likely N-dealkylation sites (tertiary alicyclic amines) is 2. The Balaban J connectivity index is 1.20. The number of hydrogen-bond donors (Lipinski definition) is 19. The molecule has 0 unspecified atom stereocenters. The first-order valence-electron chi connectivity index (χ1n) is 36.4. The Morgan fingerprint density at radius 3 is 1.64 bits per heavy atom. The molecule has 2 fully saturated rings. The number of para-hydroxylation sites is 1. The molecule has 2 aliphatic rings. The molecular formula is C72H107N18O19. The third-order valence-corrected chi connectivity index (χ3v) is 17.9. The van der Waals surface area contributed by atoms with E-state index in [4.69, 9.17) is 17.2 Å². The third kappa shape index (κ3) is 28.7. The number of fused-ring (bicyclic) bond motifs is 1. The van der Waals surface area contributed by atoms with Crippen molar-refractivity contribution in [2.24, 2.45) is 35.0 Å². The molecule has 22 N–H and O–H groups in total. The summed E-state index contributed by atoms with van der Waals surface area (Å²) in [6.45, 7) is 12.1. The van der Waals surface area contributed by atoms with Gasteiger partial charge in [-0.25, -0.2) is 0 Å². The van der Waals surface area contributed by atoms with E-state index in [0.717, 1.165) is 17.3 Å². The van der Waals surface area contributed by atoms with Crippen LogP contribution in [-0.2, 0) is 89.6 Å². The van der Waals surface area contributed by atoms with Gasteiger partial charge in [-0.05, 0) is 112 Å². The number of nitrogens with one attached hydrogen (secondary N) is 13. The summed E-state index contributed by atoms with van der Waals surface area (Å²) in [6, 6.07) is -3.24. The highest BCUT2D eigenvalue weighted by Crippen LogP contribution is 2.23. The second kappa shape index (κ2) is 43.2. The minimum atomic E-state index is -1.87. The summed E-state index contributed by atoms with van der Waals surface area (Å²) in [5, 5.41) is 61.6. The van der Waals surface area contributed by atoms with E-state index in [-0.39, 0.29) is 81.4 Å². The number of aromatic hydroxyl groups is 1. The van der Waals surface area contributed by atoms with Gasteiger partial charge in [-0.15, -0.1) is 0 Å². The third-order valence-electron chi connectivity index (χ3n) is 17.9. The van der Waals surface area contributed by atoms with E-state index in [1.165, 1.54) is 47.9 Å². The quantitative estimate of drug-likeness (QED) is 0.0253. The maximum atomic E-state index is 14.4. The smallest absolute Gasteiger partial charge is 0.245 e. The number of benzene rings is 2. The summed E-state index contributed by atoms with van der Waals surface area (Å²) in [7, 11) is 0. The molecule has 3 heterocycles. The maximum Gasteiger partial charge on any atom is 0.245 e. The number of H-pyrrole nitrogens is 1. The van der Waals surface area contributed by atoms with E-state index >= 15 is 0 Å². The second-order valence-electron chi connectivity index (χ2n) is 28.5. The van der Waals surface area contributed by atoms with Crippen LogP contribution in [0.25, 0.3) is 10.9 Å². The summed E-state index contributed by atoms with van der Waals surface area (Å²) >= 11 is 0. The fourth-order valence-corrected chi connectivity index (χ4v) is 12.3. The Morgan fingerprint density at radius 2 is 1.07 bits per heavy atom. The lowest BCUT2D eigenvalue weighted by Crippen LogP contribution is -2.62. The van der Waals surface area contributed by atoms with Crippen LogP contribution in [0.4, 0.5) is 0 Å². The molecule has 1 aromatic heterocycles.